The number of hydrogen-bond donors (Lipinski definition) is 2. The van der Waals surface area contributed by atoms with Crippen LogP contribution in [-0.4, -0.2) is 7.38 Å². The van der Waals surface area contributed by atoms with Crippen molar-refractivity contribution in [3.8, 4) is 0 Å². The zero-order valence-corrected chi connectivity index (χ0v) is 5.43. The Hall–Kier alpha value is 1.15. The van der Waals surface area contributed by atoms with Gasteiger partial charge in [0.05, 0.1) is 0 Å². The third kappa shape index (κ3) is 38.7. The van der Waals surface area contributed by atoms with Crippen molar-refractivity contribution in [1.29, 1.82) is 0 Å². The van der Waals surface area contributed by atoms with Crippen LogP contribution in [-0.2, 0) is 43.7 Å². The summed E-state index contributed by atoms with van der Waals surface area (Å²) < 4.78 is 23.2. The van der Waals surface area contributed by atoms with Gasteiger partial charge in [-0.15, -0.1) is 0 Å². The molecule has 0 bridgehead atoms. The molecule has 0 rings (SSSR count). The maximum absolute atomic E-state index is 8.81. The van der Waals surface area contributed by atoms with E-state index >= 15 is 0 Å². The molecule has 0 spiro atoms. The Balaban J connectivity index is 0. The van der Waals surface area contributed by atoms with Gasteiger partial charge in [0.15, 0.2) is 0 Å². The van der Waals surface area contributed by atoms with Gasteiger partial charge < -0.3 is 0 Å². The molecule has 0 amide bonds. The first-order chi connectivity index (χ1) is 1.73. The second-order valence-electron chi connectivity index (χ2n) is 0.283. The van der Waals surface area contributed by atoms with Crippen LogP contribution in [0.3, 0.4) is 0 Å². The zero-order valence-electron chi connectivity index (χ0n) is 2.30. The molecule has 0 fully saturated rings. The van der Waals surface area contributed by atoms with E-state index in [1.807, 2.05) is 0 Å². The summed E-state index contributed by atoms with van der Waals surface area (Å²) in [4.78, 5) is 0. The van der Waals surface area contributed by atoms with Crippen molar-refractivity contribution in [2.24, 2.45) is 0 Å². The topological polar surface area (TPSA) is 57.5 Å². The quantitative estimate of drug-likeness (QED) is 0.420. The second-order valence-corrected chi connectivity index (χ2v) is 1.17. The van der Waals surface area contributed by atoms with Gasteiger partial charge in [-0.2, -0.15) is 0 Å². The summed E-state index contributed by atoms with van der Waals surface area (Å²) in [5.41, 5.74) is 0. The summed E-state index contributed by atoms with van der Waals surface area (Å²) in [6.45, 7) is 0. The average molecular weight is 146 g/mol. The van der Waals surface area contributed by atoms with Crippen LogP contribution < -0.4 is 0 Å². The molecule has 0 radical (unpaired) electrons. The summed E-state index contributed by atoms with van der Waals surface area (Å²) in [6.07, 6.45) is 0. The standard InChI is InChI=1S/2H2O.O.2Ti/h2*1H2;;;/q;;;;+2/p-2. The van der Waals surface area contributed by atoms with Gasteiger partial charge in [-0.1, -0.05) is 0 Å². The van der Waals surface area contributed by atoms with Crippen LogP contribution in [0.1, 0.15) is 0 Å². The molecule has 0 unspecified atom stereocenters. The molecular formula is H2O3Ti2. The van der Waals surface area contributed by atoms with Crippen molar-refractivity contribution in [2.75, 3.05) is 0 Å². The minimum atomic E-state index is -3.58. The third-order valence-electron chi connectivity index (χ3n) is 0. The minimum absolute atomic E-state index is 0. The van der Waals surface area contributed by atoms with Crippen molar-refractivity contribution in [3.63, 3.8) is 0 Å². The summed E-state index contributed by atoms with van der Waals surface area (Å²) in [6, 6.07) is 0. The second kappa shape index (κ2) is 5.15. The van der Waals surface area contributed by atoms with E-state index in [9.17, 15) is 0 Å². The Labute approximate surface area is 51.0 Å². The van der Waals surface area contributed by atoms with E-state index in [4.69, 9.17) is 10.7 Å². The first kappa shape index (κ1) is 9.47. The van der Waals surface area contributed by atoms with Crippen LogP contribution in [0.15, 0.2) is 0 Å². The van der Waals surface area contributed by atoms with Gasteiger partial charge in [0, 0.05) is 21.7 Å². The molecule has 0 aromatic carbocycles. The predicted molar refractivity (Wildman–Crippen MR) is 5.12 cm³/mol. The zero-order chi connectivity index (χ0) is 3.58. The molecule has 0 atom stereocenters. The van der Waals surface area contributed by atoms with E-state index < -0.39 is 18.6 Å². The molecule has 0 saturated carbocycles. The Morgan fingerprint density at radius 1 is 1.40 bits per heavy atom. The van der Waals surface area contributed by atoms with E-state index in [0.717, 1.165) is 0 Å². The van der Waals surface area contributed by atoms with Crippen LogP contribution in [0, 0.1) is 0 Å². The molecule has 28 valence electrons. The predicted octanol–water partition coefficient (Wildman–Crippen LogP) is -1.24. The molecule has 0 aliphatic carbocycles. The van der Waals surface area contributed by atoms with Crippen molar-refractivity contribution in [1.82, 2.24) is 0 Å². The van der Waals surface area contributed by atoms with Crippen molar-refractivity contribution in [3.05, 3.63) is 0 Å². The molecule has 0 saturated heterocycles. The monoisotopic (exact) mass is 146 g/mol. The summed E-state index contributed by atoms with van der Waals surface area (Å²) in [7, 11) is 0. The fraction of sp³-hybridized carbons (Fsp3) is 0. The minimum Gasteiger partial charge on any atom is 0 e. The summed E-state index contributed by atoms with van der Waals surface area (Å²) in [5, 5.41) is 0. The molecule has 0 heterocycles. The molecule has 0 aromatic heterocycles. The smallest absolute Gasteiger partial charge is 0 e. The normalized spacial score (nSPS) is 5.20. The Kier molecular flexibility index (Phi) is 9.75. The van der Waals surface area contributed by atoms with E-state index in [1.54, 1.807) is 0 Å². The molecule has 5 heavy (non-hydrogen) atoms. The molecule has 3 nitrogen and oxygen atoms in total. The summed E-state index contributed by atoms with van der Waals surface area (Å²) in [5.74, 6) is 0. The molecule has 0 aromatic rings. The molecule has 5 heteroatoms. The largest absolute Gasteiger partial charge is 0 e. The van der Waals surface area contributed by atoms with Crippen LogP contribution in [0.5, 0.6) is 0 Å². The van der Waals surface area contributed by atoms with Crippen molar-refractivity contribution in [2.45, 2.75) is 0 Å². The Morgan fingerprint density at radius 2 is 1.40 bits per heavy atom. The first-order valence-electron chi connectivity index (χ1n) is 0.651. The Morgan fingerprint density at radius 3 is 1.40 bits per heavy atom. The SMILES string of the molecule is [O]=[Ti]([OH])[OH].[Ti]. The van der Waals surface area contributed by atoms with E-state index in [-0.39, 0.29) is 21.7 Å². The number of hydrogen-bond acceptors (Lipinski definition) is 1. The van der Waals surface area contributed by atoms with Gasteiger partial charge in [-0.25, -0.2) is 0 Å². The van der Waals surface area contributed by atoms with Crippen LogP contribution in [0.25, 0.3) is 0 Å². The first-order valence-corrected chi connectivity index (χ1v) is 2.69. The molecule has 0 aliphatic rings. The van der Waals surface area contributed by atoms with Gasteiger partial charge in [-0.05, 0) is 0 Å². The van der Waals surface area contributed by atoms with Gasteiger partial charge in [0.25, 0.3) is 0 Å². The average Bonchev–Trinajstić information content (AvgIpc) is 0.811. The van der Waals surface area contributed by atoms with E-state index in [1.165, 1.54) is 0 Å². The maximum atomic E-state index is 8.81. The third-order valence-corrected chi connectivity index (χ3v) is 0. The van der Waals surface area contributed by atoms with Gasteiger partial charge >= 0.3 is 29.3 Å². The molecule has 0 aliphatic heterocycles. The van der Waals surface area contributed by atoms with Crippen LogP contribution >= 0.6 is 0 Å². The van der Waals surface area contributed by atoms with Crippen LogP contribution in [0.4, 0.5) is 0 Å². The van der Waals surface area contributed by atoms with Gasteiger partial charge in [-0.3, -0.25) is 0 Å². The molecule has 2 N–H and O–H groups in total. The fourth-order valence-electron chi connectivity index (χ4n) is 0. The van der Waals surface area contributed by atoms with Gasteiger partial charge in [0.1, 0.15) is 0 Å². The van der Waals surface area contributed by atoms with Crippen molar-refractivity contribution < 1.29 is 51.0 Å². The molecular weight excluding hydrogens is 144 g/mol. The fourth-order valence-corrected chi connectivity index (χ4v) is 0. The van der Waals surface area contributed by atoms with E-state index in [0.29, 0.717) is 0 Å². The Bertz CT molecular complexity index is 27.9. The van der Waals surface area contributed by atoms with Gasteiger partial charge in [0.2, 0.25) is 0 Å². The number of rotatable bonds is 0. The maximum Gasteiger partial charge on any atom is 0 e. The van der Waals surface area contributed by atoms with Crippen molar-refractivity contribution >= 4 is 0 Å². The summed E-state index contributed by atoms with van der Waals surface area (Å²) >= 11 is -3.58. The van der Waals surface area contributed by atoms with Crippen LogP contribution in [0.2, 0.25) is 0 Å². The van der Waals surface area contributed by atoms with E-state index in [2.05, 4.69) is 0 Å².